The lowest BCUT2D eigenvalue weighted by molar-refractivity contribution is -0.143. The Kier molecular flexibility index (Phi) is 17.4. The zero-order valence-electron chi connectivity index (χ0n) is 39.4. The van der Waals surface area contributed by atoms with Crippen molar-refractivity contribution < 1.29 is 24.2 Å². The van der Waals surface area contributed by atoms with Crippen molar-refractivity contribution >= 4 is 24.3 Å². The number of primary amides is 1. The fourth-order valence-electron chi connectivity index (χ4n) is 10.8. The summed E-state index contributed by atoms with van der Waals surface area (Å²) in [5.41, 5.74) is 17.7. The molecule has 4 fully saturated rings. The average molecular weight is 935 g/mol. The second-order valence-corrected chi connectivity index (χ2v) is 19.7. The smallest absolute Gasteiger partial charge is 0.325 e. The maximum absolute atomic E-state index is 12.4. The van der Waals surface area contributed by atoms with Crippen LogP contribution in [-0.2, 0) is 57.6 Å². The molecule has 10 rings (SSSR count). The van der Waals surface area contributed by atoms with Crippen LogP contribution in [0.15, 0.2) is 60.9 Å². The first-order chi connectivity index (χ1) is 32.4. The summed E-state index contributed by atoms with van der Waals surface area (Å²) in [6.45, 7) is 4.48. The predicted octanol–water partition coefficient (Wildman–Crippen LogP) is 8.77. The Hall–Kier alpha value is -4.33. The minimum absolute atomic E-state index is 0. The molecule has 2 aliphatic heterocycles. The SMILES string of the molecule is Cl.NC(=O)C(c1cccnc1C1CC1)N1CC[C@@H](OCCCCc2ccc3c(n2)CCCC3)C1.O=C(O)C(c1cccnc1C1CC1)N1CC[C@@H](OCCCCc2ccc3c(n2)CCCC3)C1. The van der Waals surface area contributed by atoms with Crippen molar-refractivity contribution in [1.82, 2.24) is 29.7 Å². The summed E-state index contributed by atoms with van der Waals surface area (Å²) in [4.78, 5) is 47.7. The average Bonchev–Trinajstić information content (AvgIpc) is 4.27. The number of amides is 1. The number of carboxylic acids is 1. The molecule has 4 aliphatic carbocycles. The van der Waals surface area contributed by atoms with Crippen LogP contribution in [-0.4, -0.2) is 98.3 Å². The van der Waals surface area contributed by atoms with Gasteiger partial charge in [-0.3, -0.25) is 39.3 Å². The van der Waals surface area contributed by atoms with Gasteiger partial charge in [0.25, 0.3) is 0 Å². The summed E-state index contributed by atoms with van der Waals surface area (Å²) in [5.74, 6) is -0.157. The summed E-state index contributed by atoms with van der Waals surface area (Å²) < 4.78 is 12.3. The number of hydrogen-bond acceptors (Lipinski definition) is 10. The number of fused-ring (bicyclic) bond motifs is 2. The number of aryl methyl sites for hydroxylation is 6. The van der Waals surface area contributed by atoms with Gasteiger partial charge in [-0.25, -0.2) is 0 Å². The van der Waals surface area contributed by atoms with Crippen LogP contribution >= 0.6 is 12.4 Å². The Morgan fingerprint density at radius 1 is 0.627 bits per heavy atom. The Morgan fingerprint density at radius 3 is 1.55 bits per heavy atom. The van der Waals surface area contributed by atoms with Gasteiger partial charge in [0.2, 0.25) is 5.91 Å². The molecule has 13 heteroatoms. The Morgan fingerprint density at radius 2 is 1.09 bits per heavy atom. The number of nitrogens with zero attached hydrogens (tertiary/aromatic N) is 6. The van der Waals surface area contributed by atoms with E-state index in [0.717, 1.165) is 145 Å². The first-order valence-corrected chi connectivity index (χ1v) is 25.5. The molecule has 12 nitrogen and oxygen atoms in total. The third-order valence-electron chi connectivity index (χ3n) is 14.7. The van der Waals surface area contributed by atoms with E-state index >= 15 is 0 Å². The van der Waals surface area contributed by atoms with E-state index in [1.165, 1.54) is 72.4 Å². The van der Waals surface area contributed by atoms with Crippen LogP contribution in [0, 0.1) is 0 Å². The van der Waals surface area contributed by atoms with E-state index < -0.39 is 18.1 Å². The molecule has 4 atom stereocenters. The molecule has 360 valence electrons. The highest BCUT2D eigenvalue weighted by Crippen LogP contribution is 2.44. The van der Waals surface area contributed by atoms with Crippen LogP contribution in [0.3, 0.4) is 0 Å². The third kappa shape index (κ3) is 13.1. The number of pyridine rings is 4. The number of aromatic nitrogens is 4. The molecular formula is C54H72ClN7O5. The Balaban J connectivity index is 0.000000179. The maximum atomic E-state index is 12.4. The van der Waals surface area contributed by atoms with Gasteiger partial charge >= 0.3 is 5.97 Å². The molecule has 2 unspecified atom stereocenters. The quantitative estimate of drug-likeness (QED) is 0.0817. The number of ether oxygens (including phenoxy) is 2. The van der Waals surface area contributed by atoms with Crippen molar-refractivity contribution in [2.75, 3.05) is 39.4 Å². The van der Waals surface area contributed by atoms with Crippen molar-refractivity contribution in [2.24, 2.45) is 5.73 Å². The fourth-order valence-corrected chi connectivity index (χ4v) is 10.8. The number of unbranched alkanes of at least 4 members (excludes halogenated alkanes) is 2. The van der Waals surface area contributed by atoms with Crippen molar-refractivity contribution in [1.29, 1.82) is 0 Å². The van der Waals surface area contributed by atoms with Crippen LogP contribution in [0.5, 0.6) is 0 Å². The summed E-state index contributed by atoms with van der Waals surface area (Å²) in [6, 6.07) is 15.7. The molecular weight excluding hydrogens is 862 g/mol. The third-order valence-corrected chi connectivity index (χ3v) is 14.7. The molecule has 0 spiro atoms. The zero-order chi connectivity index (χ0) is 45.2. The van der Waals surface area contributed by atoms with Gasteiger partial charge in [0, 0.05) is 109 Å². The Bertz CT molecular complexity index is 2110. The van der Waals surface area contributed by atoms with Crippen LogP contribution in [0.25, 0.3) is 0 Å². The number of nitrogens with two attached hydrogens (primary N) is 1. The van der Waals surface area contributed by atoms with Gasteiger partial charge in [-0.05, 0) is 164 Å². The molecule has 0 bridgehead atoms. The first-order valence-electron chi connectivity index (χ1n) is 25.5. The molecule has 4 aromatic rings. The number of rotatable bonds is 20. The topological polar surface area (TPSA) is 157 Å². The van der Waals surface area contributed by atoms with E-state index in [1.54, 1.807) is 6.20 Å². The maximum Gasteiger partial charge on any atom is 0.325 e. The molecule has 6 heterocycles. The monoisotopic (exact) mass is 934 g/mol. The molecule has 4 aromatic heterocycles. The van der Waals surface area contributed by atoms with Crippen LogP contribution in [0.1, 0.15) is 170 Å². The van der Waals surface area contributed by atoms with Crippen LogP contribution in [0.2, 0.25) is 0 Å². The first kappa shape index (κ1) is 49.1. The van der Waals surface area contributed by atoms with Gasteiger partial charge in [-0.2, -0.15) is 0 Å². The van der Waals surface area contributed by atoms with Crippen molar-refractivity contribution in [3.05, 3.63) is 117 Å². The highest BCUT2D eigenvalue weighted by atomic mass is 35.5. The fraction of sp³-hybridized carbons (Fsp3) is 0.593. The molecule has 67 heavy (non-hydrogen) atoms. The van der Waals surface area contributed by atoms with E-state index in [9.17, 15) is 14.7 Å². The highest BCUT2D eigenvalue weighted by Gasteiger charge is 2.39. The summed E-state index contributed by atoms with van der Waals surface area (Å²) >= 11 is 0. The van der Waals surface area contributed by atoms with Gasteiger partial charge in [-0.1, -0.05) is 24.3 Å². The number of halogens is 1. The second-order valence-electron chi connectivity index (χ2n) is 19.7. The molecule has 2 saturated carbocycles. The molecule has 0 aromatic carbocycles. The van der Waals surface area contributed by atoms with Gasteiger partial charge < -0.3 is 20.3 Å². The number of carbonyl (C=O) groups is 2. The van der Waals surface area contributed by atoms with E-state index in [1.807, 2.05) is 30.5 Å². The van der Waals surface area contributed by atoms with Crippen molar-refractivity contribution in [3.63, 3.8) is 0 Å². The van der Waals surface area contributed by atoms with E-state index in [4.69, 9.17) is 25.2 Å². The lowest BCUT2D eigenvalue weighted by atomic mass is 9.95. The van der Waals surface area contributed by atoms with Crippen LogP contribution in [0.4, 0.5) is 0 Å². The summed E-state index contributed by atoms with van der Waals surface area (Å²) in [5, 5.41) is 10.0. The minimum atomic E-state index is -0.789. The second kappa shape index (κ2) is 23.8. The normalized spacial score (nSPS) is 21.3. The number of carboxylic acid groups (broad SMARTS) is 1. The van der Waals surface area contributed by atoms with Gasteiger partial charge in [0.05, 0.1) is 12.2 Å². The van der Waals surface area contributed by atoms with Gasteiger partial charge in [-0.15, -0.1) is 12.4 Å². The van der Waals surface area contributed by atoms with E-state index in [-0.39, 0.29) is 30.5 Å². The highest BCUT2D eigenvalue weighted by molar-refractivity contribution is 5.85. The van der Waals surface area contributed by atoms with Crippen molar-refractivity contribution in [3.8, 4) is 0 Å². The van der Waals surface area contributed by atoms with E-state index in [0.29, 0.717) is 18.4 Å². The van der Waals surface area contributed by atoms with Crippen molar-refractivity contribution in [2.45, 2.75) is 165 Å². The number of hydrogen-bond donors (Lipinski definition) is 2. The minimum Gasteiger partial charge on any atom is -0.480 e. The number of likely N-dealkylation sites (tertiary alicyclic amines) is 2. The summed E-state index contributed by atoms with van der Waals surface area (Å²) in [7, 11) is 0. The predicted molar refractivity (Wildman–Crippen MR) is 261 cm³/mol. The summed E-state index contributed by atoms with van der Waals surface area (Å²) in [6.07, 6.45) is 26.2. The number of aliphatic carboxylic acids is 1. The molecule has 6 aliphatic rings. The molecule has 2 saturated heterocycles. The molecule has 0 radical (unpaired) electrons. The largest absolute Gasteiger partial charge is 0.480 e. The lowest BCUT2D eigenvalue weighted by Gasteiger charge is -2.27. The standard InChI is InChI=1S/C27H36N4O2.C27H35N3O3.ClH/c28-27(32)26(23-8-5-15-29-25(23)20-10-11-20)31-16-14-22(18-31)33-17-4-3-7-21-13-12-19-6-1-2-9-24(19)30-21;31-27(32)26(23-8-5-15-28-25(23)20-10-11-20)30-16-14-22(18-30)33-17-4-3-7-21-13-12-19-6-1-2-9-24(19)29-21;/h5,8,12-13,15,20,22,26H,1-4,6-7,9-11,14,16-18H2,(H2,28,32);5,8,12-13,15,20,22,26H,1-4,6-7,9-11,14,16-18H2,(H,31,32);1H/t2*22-,26?;/m11./s1. The lowest BCUT2D eigenvalue weighted by Crippen LogP contribution is -2.38. The molecule has 3 N–H and O–H groups in total. The van der Waals surface area contributed by atoms with E-state index in [2.05, 4.69) is 44.0 Å². The van der Waals surface area contributed by atoms with Crippen LogP contribution < -0.4 is 5.73 Å². The van der Waals surface area contributed by atoms with Gasteiger partial charge in [0.15, 0.2) is 0 Å². The number of carbonyl (C=O) groups excluding carboxylic acids is 1. The zero-order valence-corrected chi connectivity index (χ0v) is 40.2. The Labute approximate surface area is 403 Å². The molecule has 1 amide bonds. The van der Waals surface area contributed by atoms with Gasteiger partial charge in [0.1, 0.15) is 12.1 Å².